The fraction of sp³-hybridized carbons (Fsp3) is 0.667. The minimum atomic E-state index is -3.63. The number of benzene rings is 1. The maximum absolute atomic E-state index is 12.6. The zero-order valence-electron chi connectivity index (χ0n) is 19.2. The van der Waals surface area contributed by atoms with Crippen molar-refractivity contribution in [2.24, 2.45) is 5.92 Å². The average Bonchev–Trinajstić information content (AvgIpc) is 2.81. The Kier molecular flexibility index (Phi) is 9.11. The van der Waals surface area contributed by atoms with E-state index >= 15 is 0 Å². The van der Waals surface area contributed by atoms with Crippen LogP contribution in [0.15, 0.2) is 23.1 Å². The molecule has 0 radical (unpaired) electrons. The van der Waals surface area contributed by atoms with Crippen LogP contribution in [0.2, 0.25) is 0 Å². The third-order valence-corrected chi connectivity index (χ3v) is 8.02. The number of piperidine rings is 1. The normalized spacial score (nSPS) is 17.1. The Bertz CT molecular complexity index is 893. The summed E-state index contributed by atoms with van der Waals surface area (Å²) in [5.74, 6) is -0.0193. The van der Waals surface area contributed by atoms with Crippen LogP contribution in [0.25, 0.3) is 0 Å². The number of nitrogens with zero attached hydrogens (tertiary/aromatic N) is 1. The summed E-state index contributed by atoms with van der Waals surface area (Å²) in [6.07, 6.45) is 8.86. The summed E-state index contributed by atoms with van der Waals surface area (Å²) >= 11 is 0. The van der Waals surface area contributed by atoms with Gasteiger partial charge in [-0.2, -0.15) is 0 Å². The van der Waals surface area contributed by atoms with Crippen molar-refractivity contribution >= 4 is 21.8 Å². The van der Waals surface area contributed by atoms with E-state index in [1.165, 1.54) is 5.56 Å². The van der Waals surface area contributed by atoms with Gasteiger partial charge in [-0.3, -0.25) is 9.59 Å². The van der Waals surface area contributed by atoms with Gasteiger partial charge in [-0.15, -0.1) is 0 Å². The molecule has 3 rings (SSSR count). The summed E-state index contributed by atoms with van der Waals surface area (Å²) in [7, 11) is -3.63. The van der Waals surface area contributed by atoms with E-state index < -0.39 is 10.0 Å². The van der Waals surface area contributed by atoms with Crippen LogP contribution < -0.4 is 10.0 Å². The predicted octanol–water partition coefficient (Wildman–Crippen LogP) is 2.78. The Morgan fingerprint density at radius 3 is 2.47 bits per heavy atom. The molecule has 0 unspecified atom stereocenters. The van der Waals surface area contributed by atoms with Crippen LogP contribution in [0.3, 0.4) is 0 Å². The number of hydrogen-bond acceptors (Lipinski definition) is 4. The van der Waals surface area contributed by atoms with Crippen LogP contribution in [0, 0.1) is 5.92 Å². The van der Waals surface area contributed by atoms with Crippen molar-refractivity contribution in [1.82, 2.24) is 14.9 Å². The van der Waals surface area contributed by atoms with E-state index in [0.717, 1.165) is 57.1 Å². The first-order valence-electron chi connectivity index (χ1n) is 12.1. The number of likely N-dealkylation sites (tertiary alicyclic amines) is 1. The maximum atomic E-state index is 12.6. The molecule has 0 saturated carbocycles. The second-order valence-corrected chi connectivity index (χ2v) is 10.7. The van der Waals surface area contributed by atoms with Crippen LogP contribution in [0.1, 0.15) is 69.4 Å². The van der Waals surface area contributed by atoms with Gasteiger partial charge in [0.1, 0.15) is 0 Å². The molecule has 1 aromatic rings. The molecular formula is C24H37N3O4S. The van der Waals surface area contributed by atoms with E-state index in [1.54, 1.807) is 17.0 Å². The molecule has 1 heterocycles. The summed E-state index contributed by atoms with van der Waals surface area (Å²) in [4.78, 5) is 26.8. The Balaban J connectivity index is 1.40. The molecule has 0 bridgehead atoms. The Hall–Kier alpha value is -1.93. The van der Waals surface area contributed by atoms with Gasteiger partial charge in [-0.1, -0.05) is 25.8 Å². The molecule has 32 heavy (non-hydrogen) atoms. The van der Waals surface area contributed by atoms with E-state index in [9.17, 15) is 18.0 Å². The van der Waals surface area contributed by atoms with Gasteiger partial charge < -0.3 is 10.2 Å². The number of unbranched alkanes of at least 4 members (excludes halogenated alkanes) is 2. The van der Waals surface area contributed by atoms with Crippen molar-refractivity contribution in [3.8, 4) is 0 Å². The summed E-state index contributed by atoms with van der Waals surface area (Å²) < 4.78 is 27.9. The van der Waals surface area contributed by atoms with Gasteiger partial charge in [0.25, 0.3) is 0 Å². The summed E-state index contributed by atoms with van der Waals surface area (Å²) in [6, 6.07) is 5.35. The lowest BCUT2D eigenvalue weighted by Gasteiger charge is -2.31. The molecule has 2 aliphatic rings. The topological polar surface area (TPSA) is 95.6 Å². The van der Waals surface area contributed by atoms with Gasteiger partial charge in [-0.05, 0) is 68.2 Å². The van der Waals surface area contributed by atoms with E-state index in [4.69, 9.17) is 0 Å². The highest BCUT2D eigenvalue weighted by molar-refractivity contribution is 7.89. The van der Waals surface area contributed by atoms with Gasteiger partial charge in [0.2, 0.25) is 21.8 Å². The number of carbonyl (C=O) groups excluding carboxylic acids is 2. The van der Waals surface area contributed by atoms with E-state index in [0.29, 0.717) is 25.9 Å². The van der Waals surface area contributed by atoms with Gasteiger partial charge in [0.15, 0.2) is 0 Å². The third-order valence-electron chi connectivity index (χ3n) is 6.56. The zero-order valence-corrected chi connectivity index (χ0v) is 20.0. The van der Waals surface area contributed by atoms with Crippen molar-refractivity contribution in [3.63, 3.8) is 0 Å². The number of fused-ring (bicyclic) bond motifs is 1. The van der Waals surface area contributed by atoms with E-state index in [1.807, 2.05) is 6.07 Å². The number of nitrogens with one attached hydrogen (secondary N) is 2. The molecular weight excluding hydrogens is 426 g/mol. The Morgan fingerprint density at radius 2 is 1.75 bits per heavy atom. The molecule has 8 heteroatoms. The number of carbonyl (C=O) groups is 2. The van der Waals surface area contributed by atoms with Crippen molar-refractivity contribution in [3.05, 3.63) is 29.3 Å². The Morgan fingerprint density at radius 1 is 1.03 bits per heavy atom. The molecule has 1 aliphatic carbocycles. The highest BCUT2D eigenvalue weighted by Gasteiger charge is 2.27. The largest absolute Gasteiger partial charge is 0.356 e. The molecule has 0 atom stereocenters. The molecule has 1 aliphatic heterocycles. The lowest BCUT2D eigenvalue weighted by Crippen LogP contribution is -2.44. The lowest BCUT2D eigenvalue weighted by molar-refractivity contribution is -0.135. The number of aryl methyl sites for hydroxylation is 2. The van der Waals surface area contributed by atoms with Crippen molar-refractivity contribution in [1.29, 1.82) is 0 Å². The zero-order chi connectivity index (χ0) is 23.0. The fourth-order valence-corrected chi connectivity index (χ4v) is 5.61. The summed E-state index contributed by atoms with van der Waals surface area (Å²) in [5.41, 5.74) is 2.36. The molecule has 1 fully saturated rings. The summed E-state index contributed by atoms with van der Waals surface area (Å²) in [6.45, 7) is 4.02. The van der Waals surface area contributed by atoms with Crippen molar-refractivity contribution in [2.75, 3.05) is 26.2 Å². The highest BCUT2D eigenvalue weighted by atomic mass is 32.2. The molecule has 2 amide bonds. The number of hydrogen-bond donors (Lipinski definition) is 2. The molecule has 178 valence electrons. The van der Waals surface area contributed by atoms with Crippen LogP contribution >= 0.6 is 0 Å². The maximum Gasteiger partial charge on any atom is 0.240 e. The van der Waals surface area contributed by atoms with Crippen molar-refractivity contribution < 1.29 is 18.0 Å². The minimum absolute atomic E-state index is 0.0387. The molecule has 1 aromatic carbocycles. The summed E-state index contributed by atoms with van der Waals surface area (Å²) in [5, 5.41) is 3.00. The first-order valence-corrected chi connectivity index (χ1v) is 13.6. The number of sulfonamides is 1. The lowest BCUT2D eigenvalue weighted by atomic mass is 9.92. The third kappa shape index (κ3) is 6.78. The van der Waals surface area contributed by atoms with Crippen LogP contribution in [0.5, 0.6) is 0 Å². The first kappa shape index (κ1) is 24.7. The SMILES string of the molecule is CCCCCNC(=O)C1CCN(C(=O)CCNS(=O)(=O)c2ccc3c(c2)CCCC3)CC1. The quantitative estimate of drug-likeness (QED) is 0.522. The monoisotopic (exact) mass is 463 g/mol. The standard InChI is InChI=1S/C24H37N3O4S/c1-2-3-6-14-25-24(29)20-12-16-27(17-13-20)23(28)11-15-26-32(30,31)22-10-9-19-7-4-5-8-21(19)18-22/h9-10,18,20,26H,2-8,11-17H2,1H3,(H,25,29). The number of amides is 2. The molecule has 7 nitrogen and oxygen atoms in total. The molecule has 2 N–H and O–H groups in total. The fourth-order valence-electron chi connectivity index (χ4n) is 4.53. The Labute approximate surface area is 192 Å². The van der Waals surface area contributed by atoms with E-state index in [2.05, 4.69) is 17.0 Å². The van der Waals surface area contributed by atoms with Crippen LogP contribution in [-0.2, 0) is 32.5 Å². The van der Waals surface area contributed by atoms with Crippen molar-refractivity contribution in [2.45, 2.75) is 76.0 Å². The highest BCUT2D eigenvalue weighted by Crippen LogP contribution is 2.24. The molecule has 0 aromatic heterocycles. The van der Waals surface area contributed by atoms with Crippen LogP contribution in [-0.4, -0.2) is 51.3 Å². The smallest absolute Gasteiger partial charge is 0.240 e. The number of rotatable bonds is 10. The second kappa shape index (κ2) is 11.8. The van der Waals surface area contributed by atoms with Gasteiger partial charge in [0.05, 0.1) is 4.90 Å². The first-order chi connectivity index (χ1) is 15.4. The average molecular weight is 464 g/mol. The predicted molar refractivity (Wildman–Crippen MR) is 125 cm³/mol. The van der Waals surface area contributed by atoms with E-state index in [-0.39, 0.29) is 35.6 Å². The molecule has 0 spiro atoms. The van der Waals surface area contributed by atoms with Gasteiger partial charge in [-0.25, -0.2) is 13.1 Å². The van der Waals surface area contributed by atoms with Crippen LogP contribution in [0.4, 0.5) is 0 Å². The molecule has 1 saturated heterocycles. The van der Waals surface area contributed by atoms with Gasteiger partial charge in [0, 0.05) is 38.5 Å². The van der Waals surface area contributed by atoms with Gasteiger partial charge >= 0.3 is 0 Å². The second-order valence-electron chi connectivity index (χ2n) is 8.94. The minimum Gasteiger partial charge on any atom is -0.356 e.